The van der Waals surface area contributed by atoms with E-state index in [1.165, 1.54) is 14.7 Å². The van der Waals surface area contributed by atoms with E-state index in [9.17, 15) is 26.3 Å². The predicted molar refractivity (Wildman–Crippen MR) is 103 cm³/mol. The standard InChI is InChI=1S/C18H15S.C4H4F6/c1-4-10-16(11-5-1)19(17-12-6-2-7-13-17)18-14-8-3-9-15-18;5-3(6,7)1-2-4(8,9)10/h1-15H;1-2H2/q+1;. The molecule has 0 atom stereocenters. The van der Waals surface area contributed by atoms with Gasteiger partial charge in [0.1, 0.15) is 0 Å². The van der Waals surface area contributed by atoms with Gasteiger partial charge in [-0.05, 0) is 36.4 Å². The molecule has 0 aliphatic heterocycles. The van der Waals surface area contributed by atoms with Crippen molar-refractivity contribution >= 4 is 10.9 Å². The molecule has 0 aliphatic rings. The van der Waals surface area contributed by atoms with Gasteiger partial charge in [-0.2, -0.15) is 26.3 Å². The molecule has 0 nitrogen and oxygen atoms in total. The Morgan fingerprint density at radius 1 is 0.448 bits per heavy atom. The summed E-state index contributed by atoms with van der Waals surface area (Å²) in [6, 6.07) is 32.2. The number of halogens is 6. The van der Waals surface area contributed by atoms with Crippen LogP contribution in [-0.2, 0) is 10.9 Å². The molecular weight excluding hydrogens is 410 g/mol. The molecule has 0 spiro atoms. The number of hydrogen-bond acceptors (Lipinski definition) is 0. The Labute approximate surface area is 168 Å². The summed E-state index contributed by atoms with van der Waals surface area (Å²) < 4.78 is 66.5. The lowest BCUT2D eigenvalue weighted by molar-refractivity contribution is -0.183. The van der Waals surface area contributed by atoms with E-state index < -0.39 is 25.2 Å². The lowest BCUT2D eigenvalue weighted by Gasteiger charge is -2.07. The van der Waals surface area contributed by atoms with Crippen molar-refractivity contribution in [2.45, 2.75) is 39.9 Å². The number of rotatable bonds is 4. The Kier molecular flexibility index (Phi) is 8.20. The molecule has 0 bridgehead atoms. The lowest BCUT2D eigenvalue weighted by atomic mass is 10.3. The average molecular weight is 429 g/mol. The molecule has 3 aromatic rings. The second-order valence-corrected chi connectivity index (χ2v) is 8.00. The molecular formula is C22H19F6S+. The SMILES string of the molecule is FC(F)(F)CCC(F)(F)F.c1ccc([S+](c2ccccc2)c2ccccc2)cc1. The van der Waals surface area contributed by atoms with Crippen LogP contribution >= 0.6 is 0 Å². The van der Waals surface area contributed by atoms with Crippen LogP contribution in [0.3, 0.4) is 0 Å². The highest BCUT2D eigenvalue weighted by Crippen LogP contribution is 2.31. The fourth-order valence-electron chi connectivity index (χ4n) is 2.36. The van der Waals surface area contributed by atoms with Gasteiger partial charge in [0, 0.05) is 0 Å². The fourth-order valence-corrected chi connectivity index (χ4v) is 4.47. The fraction of sp³-hybridized carbons (Fsp3) is 0.182. The Bertz CT molecular complexity index is 722. The summed E-state index contributed by atoms with van der Waals surface area (Å²) in [6.45, 7) is 0. The number of alkyl halides is 6. The zero-order chi connectivity index (χ0) is 21.3. The highest BCUT2D eigenvalue weighted by atomic mass is 32.2. The molecule has 0 aliphatic carbocycles. The molecule has 0 heterocycles. The third kappa shape index (κ3) is 8.64. The van der Waals surface area contributed by atoms with E-state index in [1.807, 2.05) is 0 Å². The van der Waals surface area contributed by atoms with Crippen molar-refractivity contribution < 1.29 is 26.3 Å². The lowest BCUT2D eigenvalue weighted by Crippen LogP contribution is -2.15. The van der Waals surface area contributed by atoms with E-state index in [0.717, 1.165) is 0 Å². The summed E-state index contributed by atoms with van der Waals surface area (Å²) in [7, 11) is -0.0146. The van der Waals surface area contributed by atoms with Crippen LogP contribution in [0.1, 0.15) is 12.8 Å². The molecule has 0 N–H and O–H groups in total. The molecule has 0 aromatic heterocycles. The summed E-state index contributed by atoms with van der Waals surface area (Å²) in [5.74, 6) is 0. The summed E-state index contributed by atoms with van der Waals surface area (Å²) in [5, 5.41) is 0. The van der Waals surface area contributed by atoms with Crippen LogP contribution in [0.4, 0.5) is 26.3 Å². The van der Waals surface area contributed by atoms with Crippen molar-refractivity contribution in [2.24, 2.45) is 0 Å². The van der Waals surface area contributed by atoms with Crippen LogP contribution in [0.5, 0.6) is 0 Å². The van der Waals surface area contributed by atoms with Gasteiger partial charge in [-0.25, -0.2) is 0 Å². The van der Waals surface area contributed by atoms with Crippen molar-refractivity contribution in [1.29, 1.82) is 0 Å². The number of hydrogen-bond donors (Lipinski definition) is 0. The molecule has 0 fully saturated rings. The first-order chi connectivity index (χ1) is 13.7. The van der Waals surface area contributed by atoms with Crippen molar-refractivity contribution in [2.75, 3.05) is 0 Å². The molecule has 0 unspecified atom stereocenters. The Balaban J connectivity index is 0.000000257. The van der Waals surface area contributed by atoms with Crippen LogP contribution in [0, 0.1) is 0 Å². The molecule has 0 saturated carbocycles. The highest BCUT2D eigenvalue weighted by Gasteiger charge is 2.36. The topological polar surface area (TPSA) is 0 Å². The van der Waals surface area contributed by atoms with Crippen molar-refractivity contribution in [3.05, 3.63) is 91.0 Å². The molecule has 3 aromatic carbocycles. The minimum Gasteiger partial charge on any atom is -0.171 e. The van der Waals surface area contributed by atoms with Crippen molar-refractivity contribution in [1.82, 2.24) is 0 Å². The van der Waals surface area contributed by atoms with Crippen LogP contribution in [0.15, 0.2) is 106 Å². The van der Waals surface area contributed by atoms with Crippen LogP contribution in [0.2, 0.25) is 0 Å². The van der Waals surface area contributed by atoms with Gasteiger partial charge in [-0.15, -0.1) is 0 Å². The first-order valence-electron chi connectivity index (χ1n) is 8.69. The minimum atomic E-state index is -4.71. The predicted octanol–water partition coefficient (Wildman–Crippen LogP) is 7.67. The van der Waals surface area contributed by atoms with Gasteiger partial charge < -0.3 is 0 Å². The van der Waals surface area contributed by atoms with Crippen molar-refractivity contribution in [3.63, 3.8) is 0 Å². The third-order valence-electron chi connectivity index (χ3n) is 3.63. The summed E-state index contributed by atoms with van der Waals surface area (Å²) >= 11 is 0. The smallest absolute Gasteiger partial charge is 0.171 e. The van der Waals surface area contributed by atoms with Gasteiger partial charge >= 0.3 is 12.4 Å². The van der Waals surface area contributed by atoms with E-state index in [2.05, 4.69) is 91.0 Å². The Hall–Kier alpha value is -2.41. The quantitative estimate of drug-likeness (QED) is 0.295. The average Bonchev–Trinajstić information content (AvgIpc) is 2.69. The van der Waals surface area contributed by atoms with E-state index in [1.54, 1.807) is 0 Å². The van der Waals surface area contributed by atoms with Crippen LogP contribution in [-0.4, -0.2) is 12.4 Å². The van der Waals surface area contributed by atoms with Gasteiger partial charge in [0.05, 0.1) is 23.7 Å². The maximum absolute atomic E-state index is 11.1. The third-order valence-corrected chi connectivity index (χ3v) is 5.86. The van der Waals surface area contributed by atoms with E-state index in [4.69, 9.17) is 0 Å². The maximum atomic E-state index is 11.1. The second kappa shape index (κ2) is 10.4. The summed E-state index contributed by atoms with van der Waals surface area (Å²) in [5.41, 5.74) is 0. The summed E-state index contributed by atoms with van der Waals surface area (Å²) in [6.07, 6.45) is -13.0. The molecule has 3 rings (SSSR count). The first kappa shape index (κ1) is 22.9. The molecule has 154 valence electrons. The van der Waals surface area contributed by atoms with E-state index >= 15 is 0 Å². The normalized spacial score (nSPS) is 11.7. The van der Waals surface area contributed by atoms with Gasteiger partial charge in [0.2, 0.25) is 0 Å². The van der Waals surface area contributed by atoms with Gasteiger partial charge in [-0.3, -0.25) is 0 Å². The van der Waals surface area contributed by atoms with Crippen LogP contribution < -0.4 is 0 Å². The van der Waals surface area contributed by atoms with E-state index in [0.29, 0.717) is 0 Å². The Morgan fingerprint density at radius 3 is 0.897 bits per heavy atom. The van der Waals surface area contributed by atoms with Crippen molar-refractivity contribution in [3.8, 4) is 0 Å². The minimum absolute atomic E-state index is 0.0146. The van der Waals surface area contributed by atoms with Gasteiger partial charge in [0.25, 0.3) is 0 Å². The second-order valence-electron chi connectivity index (χ2n) is 5.98. The van der Waals surface area contributed by atoms with Gasteiger partial charge in [-0.1, -0.05) is 54.6 Å². The monoisotopic (exact) mass is 429 g/mol. The molecule has 0 amide bonds. The maximum Gasteiger partial charge on any atom is 0.389 e. The highest BCUT2D eigenvalue weighted by molar-refractivity contribution is 7.97. The van der Waals surface area contributed by atoms with E-state index in [-0.39, 0.29) is 10.9 Å². The largest absolute Gasteiger partial charge is 0.389 e. The first-order valence-corrected chi connectivity index (χ1v) is 9.91. The van der Waals surface area contributed by atoms with Crippen LogP contribution in [0.25, 0.3) is 0 Å². The Morgan fingerprint density at radius 2 is 0.690 bits per heavy atom. The molecule has 0 saturated heterocycles. The zero-order valence-electron chi connectivity index (χ0n) is 15.3. The molecule has 0 radical (unpaired) electrons. The summed E-state index contributed by atoms with van der Waals surface area (Å²) in [4.78, 5) is 4.08. The zero-order valence-corrected chi connectivity index (χ0v) is 16.1. The number of benzene rings is 3. The molecule has 7 heteroatoms. The van der Waals surface area contributed by atoms with Gasteiger partial charge in [0.15, 0.2) is 14.7 Å². The molecule has 29 heavy (non-hydrogen) atoms.